The number of aldehydes is 1. The van der Waals surface area contributed by atoms with Gasteiger partial charge in [0.1, 0.15) is 12.9 Å². The van der Waals surface area contributed by atoms with E-state index in [1.54, 1.807) is 6.92 Å². The molecule has 1 heterocycles. The molecule has 0 bridgehead atoms. The molecule has 2 rings (SSSR count). The lowest BCUT2D eigenvalue weighted by molar-refractivity contribution is -0.202. The van der Waals surface area contributed by atoms with Crippen LogP contribution in [0.15, 0.2) is 30.3 Å². The van der Waals surface area contributed by atoms with E-state index in [0.29, 0.717) is 26.1 Å². The Morgan fingerprint density at radius 3 is 2.57 bits per heavy atom. The van der Waals surface area contributed by atoms with Crippen LogP contribution < -0.4 is 0 Å². The van der Waals surface area contributed by atoms with E-state index in [-0.39, 0.29) is 18.5 Å². The minimum Gasteiger partial charge on any atom is -0.461 e. The first-order valence-electron chi connectivity index (χ1n) is 7.99. The van der Waals surface area contributed by atoms with Gasteiger partial charge in [0, 0.05) is 12.3 Å². The Morgan fingerprint density at radius 2 is 1.96 bits per heavy atom. The summed E-state index contributed by atoms with van der Waals surface area (Å²) in [7, 11) is 0. The smallest absolute Gasteiger partial charge is 0.309 e. The number of carbonyl (C=O) groups is 2. The van der Waals surface area contributed by atoms with Gasteiger partial charge in [-0.3, -0.25) is 4.79 Å². The second-order valence-corrected chi connectivity index (χ2v) is 5.95. The van der Waals surface area contributed by atoms with Crippen LogP contribution in [-0.2, 0) is 30.4 Å². The molecule has 0 N–H and O–H groups in total. The molecule has 126 valence electrons. The average molecular weight is 320 g/mol. The van der Waals surface area contributed by atoms with Crippen LogP contribution in [0.1, 0.15) is 32.3 Å². The van der Waals surface area contributed by atoms with Gasteiger partial charge in [-0.15, -0.1) is 0 Å². The van der Waals surface area contributed by atoms with Crippen molar-refractivity contribution >= 4 is 12.3 Å². The lowest BCUT2D eigenvalue weighted by Crippen LogP contribution is -2.42. The van der Waals surface area contributed by atoms with E-state index in [1.807, 2.05) is 37.3 Å². The van der Waals surface area contributed by atoms with Crippen molar-refractivity contribution in [3.05, 3.63) is 35.9 Å². The van der Waals surface area contributed by atoms with Crippen molar-refractivity contribution in [1.82, 2.24) is 0 Å². The molecule has 0 amide bonds. The first-order chi connectivity index (χ1) is 11.1. The highest BCUT2D eigenvalue weighted by molar-refractivity contribution is 5.72. The molecule has 1 aromatic carbocycles. The lowest BCUT2D eigenvalue weighted by Gasteiger charge is -2.35. The molecule has 0 aliphatic carbocycles. The van der Waals surface area contributed by atoms with Crippen LogP contribution in [0.25, 0.3) is 0 Å². The molecular weight excluding hydrogens is 296 g/mol. The minimum absolute atomic E-state index is 0.224. The molecule has 1 saturated heterocycles. The maximum atomic E-state index is 12.4. The highest BCUT2D eigenvalue weighted by atomic mass is 16.7. The zero-order valence-corrected chi connectivity index (χ0v) is 13.7. The first-order valence-corrected chi connectivity index (χ1v) is 7.99. The molecule has 0 spiro atoms. The number of hydrogen-bond acceptors (Lipinski definition) is 5. The summed E-state index contributed by atoms with van der Waals surface area (Å²) < 4.78 is 16.8. The van der Waals surface area contributed by atoms with Gasteiger partial charge in [0.05, 0.1) is 19.1 Å². The average Bonchev–Trinajstić information content (AvgIpc) is 3.01. The maximum absolute atomic E-state index is 12.4. The molecule has 5 nitrogen and oxygen atoms in total. The molecule has 2 atom stereocenters. The fourth-order valence-electron chi connectivity index (χ4n) is 2.98. The summed E-state index contributed by atoms with van der Waals surface area (Å²) in [4.78, 5) is 23.1. The number of rotatable bonds is 8. The molecule has 0 aromatic heterocycles. The Hall–Kier alpha value is -1.72. The van der Waals surface area contributed by atoms with E-state index < -0.39 is 11.7 Å². The van der Waals surface area contributed by atoms with Gasteiger partial charge in [-0.1, -0.05) is 37.3 Å². The number of benzene rings is 1. The maximum Gasteiger partial charge on any atom is 0.309 e. The van der Waals surface area contributed by atoms with Crippen LogP contribution in [0, 0.1) is 11.8 Å². The zero-order valence-electron chi connectivity index (χ0n) is 13.7. The van der Waals surface area contributed by atoms with Gasteiger partial charge in [0.15, 0.2) is 5.79 Å². The SMILES string of the molecule is CC(C(=O)OCc1ccccc1)C(CCC=O)C1(C)OCCO1. The van der Waals surface area contributed by atoms with Gasteiger partial charge in [-0.05, 0) is 18.9 Å². The van der Waals surface area contributed by atoms with Crippen LogP contribution in [0.4, 0.5) is 0 Å². The van der Waals surface area contributed by atoms with Crippen LogP contribution in [0.3, 0.4) is 0 Å². The predicted molar refractivity (Wildman–Crippen MR) is 84.5 cm³/mol. The molecule has 1 aliphatic heterocycles. The standard InChI is InChI=1S/C18H24O5/c1-14(17(20)21-13-15-7-4-3-5-8-15)16(9-6-10-19)18(2)22-11-12-23-18/h3-5,7-8,10,14,16H,6,9,11-13H2,1-2H3. The lowest BCUT2D eigenvalue weighted by atomic mass is 9.83. The Balaban J connectivity index is 1.99. The zero-order chi connectivity index (χ0) is 16.7. The molecule has 5 heteroatoms. The van der Waals surface area contributed by atoms with Crippen molar-refractivity contribution < 1.29 is 23.8 Å². The molecule has 1 aromatic rings. The van der Waals surface area contributed by atoms with Crippen molar-refractivity contribution in [3.8, 4) is 0 Å². The summed E-state index contributed by atoms with van der Waals surface area (Å²) in [5.41, 5.74) is 0.942. The number of hydrogen-bond donors (Lipinski definition) is 0. The Kier molecular flexibility index (Phi) is 6.30. The summed E-state index contributed by atoms with van der Waals surface area (Å²) in [5.74, 6) is -1.78. The fourth-order valence-corrected chi connectivity index (χ4v) is 2.98. The van der Waals surface area contributed by atoms with Crippen LogP contribution >= 0.6 is 0 Å². The van der Waals surface area contributed by atoms with Crippen molar-refractivity contribution in [2.75, 3.05) is 13.2 Å². The fraction of sp³-hybridized carbons (Fsp3) is 0.556. The number of carbonyl (C=O) groups excluding carboxylic acids is 2. The second-order valence-electron chi connectivity index (χ2n) is 5.95. The minimum atomic E-state index is -0.839. The Morgan fingerprint density at radius 1 is 1.30 bits per heavy atom. The summed E-state index contributed by atoms with van der Waals surface area (Å²) in [5, 5.41) is 0. The predicted octanol–water partition coefficient (Wildman–Crippen LogP) is 2.72. The normalized spacial score (nSPS) is 19.0. The van der Waals surface area contributed by atoms with Gasteiger partial charge in [-0.2, -0.15) is 0 Å². The molecule has 0 saturated carbocycles. The van der Waals surface area contributed by atoms with Gasteiger partial charge in [-0.25, -0.2) is 0 Å². The number of esters is 1. The van der Waals surface area contributed by atoms with Crippen molar-refractivity contribution in [2.24, 2.45) is 11.8 Å². The second kappa shape index (κ2) is 8.22. The van der Waals surface area contributed by atoms with Crippen molar-refractivity contribution in [1.29, 1.82) is 0 Å². The van der Waals surface area contributed by atoms with Gasteiger partial charge >= 0.3 is 5.97 Å². The third-order valence-electron chi connectivity index (χ3n) is 4.33. The Bertz CT molecular complexity index is 507. The quantitative estimate of drug-likeness (QED) is 0.544. The summed E-state index contributed by atoms with van der Waals surface area (Å²) >= 11 is 0. The first kappa shape index (κ1) is 17.6. The van der Waals surface area contributed by atoms with E-state index in [9.17, 15) is 9.59 Å². The Labute approximate surface area is 136 Å². The third-order valence-corrected chi connectivity index (χ3v) is 4.33. The van der Waals surface area contributed by atoms with E-state index in [1.165, 1.54) is 0 Å². The third kappa shape index (κ3) is 4.62. The largest absolute Gasteiger partial charge is 0.461 e. The summed E-state index contributed by atoms with van der Waals surface area (Å²) in [6, 6.07) is 9.54. The molecule has 23 heavy (non-hydrogen) atoms. The molecule has 1 aliphatic rings. The molecule has 0 radical (unpaired) electrons. The van der Waals surface area contributed by atoms with Crippen molar-refractivity contribution in [2.45, 2.75) is 39.1 Å². The monoisotopic (exact) mass is 320 g/mol. The van der Waals surface area contributed by atoms with E-state index in [4.69, 9.17) is 14.2 Å². The van der Waals surface area contributed by atoms with Gasteiger partial charge in [0.25, 0.3) is 0 Å². The summed E-state index contributed by atoms with van der Waals surface area (Å²) in [6.45, 7) is 4.87. The molecular formula is C18H24O5. The van der Waals surface area contributed by atoms with Crippen LogP contribution in [0.5, 0.6) is 0 Å². The molecule has 2 unspecified atom stereocenters. The summed E-state index contributed by atoms with van der Waals surface area (Å²) in [6.07, 6.45) is 1.75. The van der Waals surface area contributed by atoms with Crippen LogP contribution in [-0.4, -0.2) is 31.3 Å². The van der Waals surface area contributed by atoms with E-state index >= 15 is 0 Å². The topological polar surface area (TPSA) is 61.8 Å². The highest BCUT2D eigenvalue weighted by Gasteiger charge is 2.44. The van der Waals surface area contributed by atoms with E-state index in [0.717, 1.165) is 11.8 Å². The van der Waals surface area contributed by atoms with Crippen molar-refractivity contribution in [3.63, 3.8) is 0 Å². The van der Waals surface area contributed by atoms with Crippen LogP contribution in [0.2, 0.25) is 0 Å². The highest BCUT2D eigenvalue weighted by Crippen LogP contribution is 2.36. The molecule has 1 fully saturated rings. The number of ether oxygens (including phenoxy) is 3. The van der Waals surface area contributed by atoms with Gasteiger partial charge < -0.3 is 19.0 Å². The van der Waals surface area contributed by atoms with E-state index in [2.05, 4.69) is 0 Å². The van der Waals surface area contributed by atoms with Gasteiger partial charge in [0.2, 0.25) is 0 Å².